The lowest BCUT2D eigenvalue weighted by Crippen LogP contribution is -2.34. The lowest BCUT2D eigenvalue weighted by Gasteiger charge is -2.14. The first-order valence-corrected chi connectivity index (χ1v) is 6.53. The fraction of sp³-hybridized carbons (Fsp3) is 0.417. The van der Waals surface area contributed by atoms with Crippen molar-refractivity contribution in [3.63, 3.8) is 0 Å². The van der Waals surface area contributed by atoms with Crippen LogP contribution >= 0.6 is 15.9 Å². The third-order valence-corrected chi connectivity index (χ3v) is 3.55. The topological polar surface area (TPSA) is 44.4 Å². The van der Waals surface area contributed by atoms with Gasteiger partial charge in [-0.25, -0.2) is 4.79 Å². The summed E-state index contributed by atoms with van der Waals surface area (Å²) in [5, 5.41) is 6.13. The molecule has 1 saturated heterocycles. The van der Waals surface area contributed by atoms with E-state index in [0.29, 0.717) is 0 Å². The smallest absolute Gasteiger partial charge is 0.317 e. The first kappa shape index (κ1) is 12.4. The number of benzene rings is 1. The summed E-state index contributed by atoms with van der Waals surface area (Å²) in [6.45, 7) is 3.97. The number of hydrogen-bond donors (Lipinski definition) is 2. The van der Waals surface area contributed by atoms with Crippen molar-refractivity contribution >= 4 is 22.0 Å². The first-order valence-electron chi connectivity index (χ1n) is 5.74. The molecule has 17 heavy (non-hydrogen) atoms. The second kappa shape index (κ2) is 6.02. The monoisotopic (exact) mass is 297 g/mol. The molecule has 0 aliphatic carbocycles. The predicted molar refractivity (Wildman–Crippen MR) is 70.8 cm³/mol. The van der Waals surface area contributed by atoms with Crippen LogP contribution in [0.5, 0.6) is 0 Å². The molecule has 0 bridgehead atoms. The Balaban J connectivity index is 1.70. The van der Waals surface area contributed by atoms with E-state index in [1.54, 1.807) is 0 Å². The molecule has 0 aromatic heterocycles. The number of carbonyl (C=O) groups excluding carboxylic acids is 1. The largest absolute Gasteiger partial charge is 0.336 e. The van der Waals surface area contributed by atoms with Crippen molar-refractivity contribution in [1.82, 2.24) is 15.5 Å². The van der Waals surface area contributed by atoms with Gasteiger partial charge in [-0.1, -0.05) is 34.1 Å². The van der Waals surface area contributed by atoms with Gasteiger partial charge in [-0.15, -0.1) is 0 Å². The summed E-state index contributed by atoms with van der Waals surface area (Å²) in [5.74, 6) is 0. The SMILES string of the molecule is O=C1NCCN1CCNCc1ccccc1Br. The summed E-state index contributed by atoms with van der Waals surface area (Å²) in [4.78, 5) is 13.1. The molecule has 1 heterocycles. The first-order chi connectivity index (χ1) is 8.27. The zero-order valence-corrected chi connectivity index (χ0v) is 11.2. The molecule has 2 rings (SSSR count). The second-order valence-electron chi connectivity index (χ2n) is 3.99. The van der Waals surface area contributed by atoms with E-state index in [0.717, 1.165) is 37.2 Å². The van der Waals surface area contributed by atoms with Gasteiger partial charge >= 0.3 is 6.03 Å². The number of rotatable bonds is 5. The lowest BCUT2D eigenvalue weighted by atomic mass is 10.2. The van der Waals surface area contributed by atoms with E-state index in [1.807, 2.05) is 23.1 Å². The standard InChI is InChI=1S/C12H16BrN3O/c13-11-4-2-1-3-10(11)9-14-5-7-16-8-6-15-12(16)17/h1-4,14H,5-9H2,(H,15,17). The van der Waals surface area contributed by atoms with Crippen molar-refractivity contribution < 1.29 is 4.79 Å². The minimum absolute atomic E-state index is 0.0488. The highest BCUT2D eigenvalue weighted by molar-refractivity contribution is 9.10. The molecular formula is C12H16BrN3O. The molecular weight excluding hydrogens is 282 g/mol. The van der Waals surface area contributed by atoms with Gasteiger partial charge in [0.05, 0.1) is 0 Å². The number of nitrogens with zero attached hydrogens (tertiary/aromatic N) is 1. The Morgan fingerprint density at radius 1 is 1.41 bits per heavy atom. The number of amides is 2. The highest BCUT2D eigenvalue weighted by atomic mass is 79.9. The van der Waals surface area contributed by atoms with Crippen LogP contribution in [0.3, 0.4) is 0 Å². The quantitative estimate of drug-likeness (QED) is 0.810. The highest BCUT2D eigenvalue weighted by Gasteiger charge is 2.17. The molecule has 92 valence electrons. The maximum Gasteiger partial charge on any atom is 0.317 e. The minimum atomic E-state index is 0.0488. The number of halogens is 1. The van der Waals surface area contributed by atoms with Crippen molar-refractivity contribution in [2.75, 3.05) is 26.2 Å². The van der Waals surface area contributed by atoms with Gasteiger partial charge in [0.25, 0.3) is 0 Å². The summed E-state index contributed by atoms with van der Waals surface area (Å²) < 4.78 is 1.12. The Morgan fingerprint density at radius 2 is 2.24 bits per heavy atom. The lowest BCUT2D eigenvalue weighted by molar-refractivity contribution is 0.217. The van der Waals surface area contributed by atoms with E-state index in [2.05, 4.69) is 32.6 Å². The molecule has 4 nitrogen and oxygen atoms in total. The third-order valence-electron chi connectivity index (χ3n) is 2.78. The molecule has 2 N–H and O–H groups in total. The van der Waals surface area contributed by atoms with Gasteiger partial charge in [0.15, 0.2) is 0 Å². The van der Waals surface area contributed by atoms with E-state index < -0.39 is 0 Å². The third kappa shape index (κ3) is 3.44. The van der Waals surface area contributed by atoms with E-state index >= 15 is 0 Å². The Morgan fingerprint density at radius 3 is 2.94 bits per heavy atom. The van der Waals surface area contributed by atoms with Crippen LogP contribution in [-0.2, 0) is 6.54 Å². The van der Waals surface area contributed by atoms with Gasteiger partial charge < -0.3 is 15.5 Å². The fourth-order valence-corrected chi connectivity index (χ4v) is 2.23. The number of carbonyl (C=O) groups is 1. The van der Waals surface area contributed by atoms with Crippen molar-refractivity contribution in [3.05, 3.63) is 34.3 Å². The van der Waals surface area contributed by atoms with Crippen molar-refractivity contribution in [3.8, 4) is 0 Å². The maximum atomic E-state index is 11.3. The van der Waals surface area contributed by atoms with Crippen molar-refractivity contribution in [2.24, 2.45) is 0 Å². The van der Waals surface area contributed by atoms with E-state index in [4.69, 9.17) is 0 Å². The van der Waals surface area contributed by atoms with Crippen LogP contribution in [0.1, 0.15) is 5.56 Å². The van der Waals surface area contributed by atoms with E-state index in [1.165, 1.54) is 5.56 Å². The maximum absolute atomic E-state index is 11.3. The predicted octanol–water partition coefficient (Wildman–Crippen LogP) is 1.56. The number of urea groups is 1. The molecule has 1 aromatic carbocycles. The Labute approximate surface area is 110 Å². The van der Waals surface area contributed by atoms with Crippen LogP contribution in [-0.4, -0.2) is 37.1 Å². The molecule has 1 fully saturated rings. The molecule has 1 aliphatic rings. The zero-order valence-electron chi connectivity index (χ0n) is 9.58. The molecule has 1 aromatic rings. The summed E-state index contributed by atoms with van der Waals surface area (Å²) in [6, 6.07) is 8.19. The second-order valence-corrected chi connectivity index (χ2v) is 4.84. The molecule has 2 amide bonds. The van der Waals surface area contributed by atoms with Crippen LogP contribution in [0.15, 0.2) is 28.7 Å². The molecule has 0 saturated carbocycles. The van der Waals surface area contributed by atoms with Gasteiger partial charge in [0, 0.05) is 37.2 Å². The molecule has 5 heteroatoms. The number of hydrogen-bond acceptors (Lipinski definition) is 2. The van der Waals surface area contributed by atoms with Crippen LogP contribution in [0, 0.1) is 0 Å². The van der Waals surface area contributed by atoms with Crippen molar-refractivity contribution in [2.45, 2.75) is 6.54 Å². The Kier molecular flexibility index (Phi) is 4.39. The normalized spacial score (nSPS) is 15.1. The Hall–Kier alpha value is -1.07. The van der Waals surface area contributed by atoms with E-state index in [-0.39, 0.29) is 6.03 Å². The summed E-state index contributed by atoms with van der Waals surface area (Å²) in [6.07, 6.45) is 0. The summed E-state index contributed by atoms with van der Waals surface area (Å²) in [7, 11) is 0. The molecule has 0 radical (unpaired) electrons. The number of nitrogens with one attached hydrogen (secondary N) is 2. The van der Waals surface area contributed by atoms with Gasteiger partial charge in [-0.05, 0) is 11.6 Å². The van der Waals surface area contributed by atoms with Crippen LogP contribution in [0.2, 0.25) is 0 Å². The van der Waals surface area contributed by atoms with Crippen LogP contribution in [0.25, 0.3) is 0 Å². The van der Waals surface area contributed by atoms with E-state index in [9.17, 15) is 4.79 Å². The molecule has 0 atom stereocenters. The Bertz CT molecular complexity index is 397. The average molecular weight is 298 g/mol. The molecule has 0 spiro atoms. The summed E-state index contributed by atoms with van der Waals surface area (Å²) >= 11 is 3.51. The van der Waals surface area contributed by atoms with Crippen LogP contribution < -0.4 is 10.6 Å². The minimum Gasteiger partial charge on any atom is -0.336 e. The zero-order chi connectivity index (χ0) is 12.1. The molecule has 0 unspecified atom stereocenters. The van der Waals surface area contributed by atoms with Gasteiger partial charge in [-0.3, -0.25) is 0 Å². The van der Waals surface area contributed by atoms with Gasteiger partial charge in [0.1, 0.15) is 0 Å². The van der Waals surface area contributed by atoms with Gasteiger partial charge in [0.2, 0.25) is 0 Å². The van der Waals surface area contributed by atoms with Gasteiger partial charge in [-0.2, -0.15) is 0 Å². The summed E-state index contributed by atoms with van der Waals surface area (Å²) in [5.41, 5.74) is 1.23. The molecule has 1 aliphatic heterocycles. The van der Waals surface area contributed by atoms with Crippen molar-refractivity contribution in [1.29, 1.82) is 0 Å². The average Bonchev–Trinajstić information content (AvgIpc) is 2.73. The van der Waals surface area contributed by atoms with Crippen LogP contribution in [0.4, 0.5) is 4.79 Å². The fourth-order valence-electron chi connectivity index (χ4n) is 1.80. The highest BCUT2D eigenvalue weighted by Crippen LogP contribution is 2.15.